The summed E-state index contributed by atoms with van der Waals surface area (Å²) in [5.41, 5.74) is 10.6. The highest BCUT2D eigenvalue weighted by Gasteiger charge is 2.41. The molecule has 0 saturated carbocycles. The van der Waals surface area contributed by atoms with Gasteiger partial charge in [0.15, 0.2) is 0 Å². The molecule has 21 heteroatoms. The number of amides is 8. The number of aliphatic hydroxyl groups is 1. The number of nitrogens with zero attached hydrogens (tertiary/aromatic N) is 1. The third kappa shape index (κ3) is 13.6. The number of carbonyl (C=O) groups excluding carboxylic acids is 8. The summed E-state index contributed by atoms with van der Waals surface area (Å²) in [5, 5.41) is 39.8. The summed E-state index contributed by atoms with van der Waals surface area (Å²) >= 11 is 0. The molecule has 50 heavy (non-hydrogen) atoms. The second-order valence-electron chi connectivity index (χ2n) is 12.1. The van der Waals surface area contributed by atoms with E-state index in [1.165, 1.54) is 13.8 Å². The van der Waals surface area contributed by atoms with Gasteiger partial charge in [-0.1, -0.05) is 13.8 Å². The lowest BCUT2D eigenvalue weighted by molar-refractivity contribution is -0.144. The molecule has 8 amide bonds. The van der Waals surface area contributed by atoms with E-state index in [2.05, 4.69) is 26.6 Å². The molecule has 280 valence electrons. The van der Waals surface area contributed by atoms with Crippen molar-refractivity contribution in [3.05, 3.63) is 0 Å². The summed E-state index contributed by atoms with van der Waals surface area (Å²) in [7, 11) is 0. The van der Waals surface area contributed by atoms with Crippen molar-refractivity contribution < 1.29 is 63.3 Å². The van der Waals surface area contributed by atoms with Gasteiger partial charge in [0.1, 0.15) is 36.3 Å². The highest BCUT2D eigenvalue weighted by Crippen LogP contribution is 2.20. The number of aliphatic carboxylic acids is 2. The quantitative estimate of drug-likeness (QED) is 0.0566. The summed E-state index contributed by atoms with van der Waals surface area (Å²) in [4.78, 5) is 124. The highest BCUT2D eigenvalue weighted by atomic mass is 16.4. The zero-order valence-electron chi connectivity index (χ0n) is 28.1. The van der Waals surface area contributed by atoms with Gasteiger partial charge in [-0.15, -0.1) is 0 Å². The Kier molecular flexibility index (Phi) is 16.7. The Morgan fingerprint density at radius 1 is 0.740 bits per heavy atom. The summed E-state index contributed by atoms with van der Waals surface area (Å²) in [6, 6.07) is -8.99. The molecule has 12 N–H and O–H groups in total. The predicted molar refractivity (Wildman–Crippen MR) is 169 cm³/mol. The van der Waals surface area contributed by atoms with Gasteiger partial charge >= 0.3 is 11.9 Å². The Morgan fingerprint density at radius 2 is 1.30 bits per heavy atom. The van der Waals surface area contributed by atoms with E-state index in [4.69, 9.17) is 21.7 Å². The van der Waals surface area contributed by atoms with Crippen LogP contribution in [-0.2, 0) is 47.9 Å². The molecule has 7 atom stereocenters. The molecule has 0 bridgehead atoms. The van der Waals surface area contributed by atoms with Crippen molar-refractivity contribution in [2.24, 2.45) is 17.4 Å². The number of rotatable bonds is 20. The van der Waals surface area contributed by atoms with Gasteiger partial charge < -0.3 is 58.3 Å². The number of carboxylic acids is 2. The maximum Gasteiger partial charge on any atom is 0.305 e. The van der Waals surface area contributed by atoms with Gasteiger partial charge in [-0.25, -0.2) is 0 Å². The van der Waals surface area contributed by atoms with E-state index < -0.39 is 127 Å². The van der Waals surface area contributed by atoms with Crippen molar-refractivity contribution in [2.75, 3.05) is 6.54 Å². The first kappa shape index (κ1) is 42.7. The molecule has 0 aromatic carbocycles. The molecule has 0 spiro atoms. The second-order valence-corrected chi connectivity index (χ2v) is 12.1. The van der Waals surface area contributed by atoms with Crippen LogP contribution in [0.4, 0.5) is 0 Å². The fourth-order valence-corrected chi connectivity index (χ4v) is 5.04. The van der Waals surface area contributed by atoms with Crippen LogP contribution in [0.5, 0.6) is 0 Å². The van der Waals surface area contributed by atoms with E-state index in [1.807, 2.05) is 0 Å². The van der Waals surface area contributed by atoms with E-state index in [1.54, 1.807) is 0 Å². The fourth-order valence-electron chi connectivity index (χ4n) is 5.04. The number of hydrogen-bond acceptors (Lipinski definition) is 11. The maximum atomic E-state index is 13.6. The lowest BCUT2D eigenvalue weighted by Crippen LogP contribution is -2.62. The van der Waals surface area contributed by atoms with Crippen LogP contribution in [0, 0.1) is 5.92 Å². The lowest BCUT2D eigenvalue weighted by atomic mass is 10.0. The molecular formula is C29H46N8O13. The van der Waals surface area contributed by atoms with Crippen molar-refractivity contribution in [3.63, 3.8) is 0 Å². The lowest BCUT2D eigenvalue weighted by Gasteiger charge is -2.31. The molecule has 1 unspecified atom stereocenters. The van der Waals surface area contributed by atoms with Crippen molar-refractivity contribution in [3.8, 4) is 0 Å². The number of hydrogen-bond donors (Lipinski definition) is 10. The largest absolute Gasteiger partial charge is 0.481 e. The van der Waals surface area contributed by atoms with Crippen LogP contribution in [0.1, 0.15) is 66.2 Å². The average molecular weight is 715 g/mol. The van der Waals surface area contributed by atoms with Crippen LogP contribution >= 0.6 is 0 Å². The second kappa shape index (κ2) is 19.6. The SMILES string of the molecule is CC(=O)N[C@@H](CC(=O)O)C(=O)N[C@H](C(=O)N[C@@H](CC(N)=O)C(=O)N[C@H](C(=O)N1CCC[C@H]1C(=O)N[C@@H](CCC(=O)O)C(N)=O)C(C)O)C(C)C. The van der Waals surface area contributed by atoms with Gasteiger partial charge in [-0.3, -0.25) is 47.9 Å². The molecule has 1 aliphatic heterocycles. The van der Waals surface area contributed by atoms with Crippen LogP contribution < -0.4 is 38.1 Å². The molecule has 0 aromatic rings. The van der Waals surface area contributed by atoms with Crippen LogP contribution in [0.2, 0.25) is 0 Å². The molecule has 0 radical (unpaired) electrons. The van der Waals surface area contributed by atoms with Gasteiger partial charge in [0.2, 0.25) is 47.3 Å². The smallest absolute Gasteiger partial charge is 0.305 e. The summed E-state index contributed by atoms with van der Waals surface area (Å²) in [6.45, 7) is 5.19. The number of likely N-dealkylation sites (tertiary alicyclic amines) is 1. The molecule has 1 heterocycles. The minimum absolute atomic E-state index is 0.00898. The predicted octanol–water partition coefficient (Wildman–Crippen LogP) is -4.84. The Labute approximate surface area is 286 Å². The first-order valence-electron chi connectivity index (χ1n) is 15.6. The Balaban J connectivity index is 3.19. The van der Waals surface area contributed by atoms with Crippen LogP contribution in [0.3, 0.4) is 0 Å². The van der Waals surface area contributed by atoms with Crippen molar-refractivity contribution in [1.82, 2.24) is 31.5 Å². The molecule has 1 fully saturated rings. The zero-order chi connectivity index (χ0) is 38.5. The van der Waals surface area contributed by atoms with Gasteiger partial charge in [0.25, 0.3) is 0 Å². The normalized spacial score (nSPS) is 17.6. The van der Waals surface area contributed by atoms with Crippen molar-refractivity contribution in [1.29, 1.82) is 0 Å². The molecule has 21 nitrogen and oxygen atoms in total. The van der Waals surface area contributed by atoms with E-state index in [0.717, 1.165) is 18.7 Å². The summed E-state index contributed by atoms with van der Waals surface area (Å²) in [6.07, 6.45) is -3.57. The topological polar surface area (TPSA) is 347 Å². The molecule has 1 saturated heterocycles. The number of nitrogens with two attached hydrogens (primary N) is 2. The molecule has 0 aromatic heterocycles. The average Bonchev–Trinajstić information content (AvgIpc) is 3.48. The number of nitrogens with one attached hydrogen (secondary N) is 5. The van der Waals surface area contributed by atoms with Crippen LogP contribution in [-0.4, -0.2) is 128 Å². The van der Waals surface area contributed by atoms with E-state index >= 15 is 0 Å². The van der Waals surface area contributed by atoms with Crippen LogP contribution in [0.15, 0.2) is 0 Å². The number of carbonyl (C=O) groups is 10. The van der Waals surface area contributed by atoms with Gasteiger partial charge in [-0.05, 0) is 32.1 Å². The summed E-state index contributed by atoms with van der Waals surface area (Å²) < 4.78 is 0. The van der Waals surface area contributed by atoms with E-state index in [-0.39, 0.29) is 19.4 Å². The van der Waals surface area contributed by atoms with Crippen molar-refractivity contribution >= 4 is 59.2 Å². The Morgan fingerprint density at radius 3 is 1.76 bits per heavy atom. The molecular weight excluding hydrogens is 668 g/mol. The molecule has 1 aliphatic rings. The van der Waals surface area contributed by atoms with Gasteiger partial charge in [0.05, 0.1) is 18.9 Å². The van der Waals surface area contributed by atoms with E-state index in [9.17, 15) is 53.1 Å². The van der Waals surface area contributed by atoms with Gasteiger partial charge in [-0.2, -0.15) is 0 Å². The zero-order valence-corrected chi connectivity index (χ0v) is 28.1. The number of primary amides is 2. The number of aliphatic hydroxyl groups excluding tert-OH is 1. The number of carboxylic acid groups (broad SMARTS) is 2. The summed E-state index contributed by atoms with van der Waals surface area (Å²) in [5.74, 6) is -11.1. The first-order chi connectivity index (χ1) is 23.2. The third-order valence-electron chi connectivity index (χ3n) is 7.55. The van der Waals surface area contributed by atoms with Crippen molar-refractivity contribution in [2.45, 2.75) is 109 Å². The Hall–Kier alpha value is -5.34. The van der Waals surface area contributed by atoms with Crippen LogP contribution in [0.25, 0.3) is 0 Å². The Bertz CT molecular complexity index is 1320. The minimum atomic E-state index is -1.75. The highest BCUT2D eigenvalue weighted by molar-refractivity contribution is 5.99. The van der Waals surface area contributed by atoms with Gasteiger partial charge in [0, 0.05) is 19.9 Å². The molecule has 0 aliphatic carbocycles. The minimum Gasteiger partial charge on any atom is -0.481 e. The fraction of sp³-hybridized carbons (Fsp3) is 0.655. The van der Waals surface area contributed by atoms with E-state index in [0.29, 0.717) is 6.42 Å². The standard InChI is InChI=1S/C29H46N8O13/c1-12(2)22(35-26(47)17(11-21(43)44)32-14(4)39)28(49)34-16(10-19(30)40)25(46)36-23(13(3)38)29(50)37-9-5-6-18(37)27(48)33-15(24(31)45)7-8-20(41)42/h12-13,15-18,22-23,38H,5-11H2,1-4H3,(H2,30,40)(H2,31,45)(H,32,39)(H,33,48)(H,34,49)(H,35,47)(H,36,46)(H,41,42)(H,43,44)/t13?,15-,16-,17-,18-,22-,23-/m0/s1. The third-order valence-corrected chi connectivity index (χ3v) is 7.55. The first-order valence-corrected chi connectivity index (χ1v) is 15.6. The maximum absolute atomic E-state index is 13.6. The molecule has 1 rings (SSSR count). The monoisotopic (exact) mass is 714 g/mol.